The molecule has 0 fully saturated rings. The number of likely N-dealkylation sites (N-methyl/N-ethyl adjacent to an activating group) is 1. The van der Waals surface area contributed by atoms with Crippen LogP contribution in [0.3, 0.4) is 0 Å². The van der Waals surface area contributed by atoms with Crippen LogP contribution in [-0.2, 0) is 4.79 Å². The van der Waals surface area contributed by atoms with Gasteiger partial charge in [-0.15, -0.1) is 0 Å². The van der Waals surface area contributed by atoms with Crippen LogP contribution in [0.5, 0.6) is 0 Å². The summed E-state index contributed by atoms with van der Waals surface area (Å²) in [7, 11) is 1.62. The summed E-state index contributed by atoms with van der Waals surface area (Å²) >= 11 is 0. The molecule has 0 rings (SSSR count). The summed E-state index contributed by atoms with van der Waals surface area (Å²) in [5.74, 6) is -0.833. The molecule has 3 nitrogen and oxygen atoms in total. The number of nitrogens with one attached hydrogen (secondary N) is 1. The highest BCUT2D eigenvalue weighted by molar-refractivity contribution is 5.77. The smallest absolute Gasteiger partial charge is 0.323 e. The van der Waals surface area contributed by atoms with Crippen molar-refractivity contribution in [2.24, 2.45) is 0 Å². The number of hydrogen-bond acceptors (Lipinski definition) is 2. The average Bonchev–Trinajstić information content (AvgIpc) is 1.67. The van der Waals surface area contributed by atoms with Gasteiger partial charge in [-0.1, -0.05) is 0 Å². The lowest BCUT2D eigenvalue weighted by Gasteiger charge is -2.16. The van der Waals surface area contributed by atoms with Crippen molar-refractivity contribution < 1.29 is 9.90 Å². The third-order valence-corrected chi connectivity index (χ3v) is 1.16. The summed E-state index contributed by atoms with van der Waals surface area (Å²) in [5.41, 5.74) is -0.792. The summed E-state index contributed by atoms with van der Waals surface area (Å²) in [4.78, 5) is 10.2. The van der Waals surface area contributed by atoms with E-state index in [9.17, 15) is 4.79 Å². The Morgan fingerprint density at radius 2 is 2.12 bits per heavy atom. The molecule has 0 aliphatic rings. The minimum Gasteiger partial charge on any atom is -0.480 e. The van der Waals surface area contributed by atoms with Crippen molar-refractivity contribution in [3.63, 3.8) is 0 Å². The van der Waals surface area contributed by atoms with E-state index in [2.05, 4.69) is 5.32 Å². The van der Waals surface area contributed by atoms with Gasteiger partial charge in [-0.25, -0.2) is 0 Å². The predicted molar refractivity (Wildman–Crippen MR) is 30.8 cm³/mol. The first-order valence-corrected chi connectivity index (χ1v) is 2.43. The summed E-state index contributed by atoms with van der Waals surface area (Å²) < 4.78 is 0. The highest BCUT2D eigenvalue weighted by Gasteiger charge is 2.23. The number of carboxylic acid groups (broad SMARTS) is 1. The standard InChI is InChI=1S/C5H11NO2/c1-5(2,6-3)4(7)8/h6H,1-3H3,(H,7,8)/i3+2. The van der Waals surface area contributed by atoms with Gasteiger partial charge in [-0.2, -0.15) is 0 Å². The van der Waals surface area contributed by atoms with E-state index in [4.69, 9.17) is 5.11 Å². The zero-order valence-electron chi connectivity index (χ0n) is 5.36. The summed E-state index contributed by atoms with van der Waals surface area (Å²) in [6, 6.07) is 0. The van der Waals surface area contributed by atoms with E-state index in [1.807, 2.05) is 0 Å². The monoisotopic (exact) mass is 119 g/mol. The Kier molecular flexibility index (Phi) is 1.98. The van der Waals surface area contributed by atoms with Gasteiger partial charge in [0.2, 0.25) is 0 Å². The van der Waals surface area contributed by atoms with Gasteiger partial charge in [0.1, 0.15) is 5.54 Å². The Hall–Kier alpha value is -0.570. The van der Waals surface area contributed by atoms with E-state index in [0.717, 1.165) is 0 Å². The van der Waals surface area contributed by atoms with E-state index in [1.54, 1.807) is 20.9 Å². The van der Waals surface area contributed by atoms with E-state index in [0.29, 0.717) is 0 Å². The van der Waals surface area contributed by atoms with Gasteiger partial charge in [-0.3, -0.25) is 4.79 Å². The Morgan fingerprint density at radius 1 is 1.75 bits per heavy atom. The maximum absolute atomic E-state index is 10.2. The van der Waals surface area contributed by atoms with Gasteiger partial charge in [0.05, 0.1) is 0 Å². The van der Waals surface area contributed by atoms with Crippen molar-refractivity contribution in [1.82, 2.24) is 5.32 Å². The van der Waals surface area contributed by atoms with Crippen LogP contribution >= 0.6 is 0 Å². The van der Waals surface area contributed by atoms with Gasteiger partial charge in [0, 0.05) is 0 Å². The molecule has 3 heteroatoms. The van der Waals surface area contributed by atoms with Crippen LogP contribution in [0.15, 0.2) is 0 Å². The molecular formula is C5H11NO2. The van der Waals surface area contributed by atoms with Crippen molar-refractivity contribution >= 4 is 5.97 Å². The topological polar surface area (TPSA) is 49.3 Å². The SMILES string of the molecule is CC(C)(N[14CH3])C(=O)O. The molecule has 8 heavy (non-hydrogen) atoms. The van der Waals surface area contributed by atoms with E-state index in [-0.39, 0.29) is 0 Å². The second-order valence-electron chi connectivity index (χ2n) is 2.18. The highest BCUT2D eigenvalue weighted by atomic mass is 16.4. The van der Waals surface area contributed by atoms with Crippen LogP contribution in [0.25, 0.3) is 0 Å². The molecule has 0 atom stereocenters. The quantitative estimate of drug-likeness (QED) is 0.540. The third-order valence-electron chi connectivity index (χ3n) is 1.16. The van der Waals surface area contributed by atoms with E-state index in [1.165, 1.54) is 0 Å². The Balaban J connectivity index is 3.91. The average molecular weight is 119 g/mol. The van der Waals surface area contributed by atoms with Gasteiger partial charge in [0.25, 0.3) is 0 Å². The van der Waals surface area contributed by atoms with Crippen LogP contribution in [-0.4, -0.2) is 23.7 Å². The van der Waals surface area contributed by atoms with Gasteiger partial charge in [0.15, 0.2) is 0 Å². The van der Waals surface area contributed by atoms with Crippen LogP contribution in [0.1, 0.15) is 13.8 Å². The minimum atomic E-state index is -0.833. The van der Waals surface area contributed by atoms with Crippen LogP contribution in [0.4, 0.5) is 0 Å². The molecule has 0 saturated heterocycles. The number of aliphatic carboxylic acids is 1. The van der Waals surface area contributed by atoms with Crippen molar-refractivity contribution in [2.45, 2.75) is 19.4 Å². The van der Waals surface area contributed by atoms with Crippen molar-refractivity contribution in [3.8, 4) is 0 Å². The first-order chi connectivity index (χ1) is 3.50. The molecule has 48 valence electrons. The molecule has 0 aromatic heterocycles. The van der Waals surface area contributed by atoms with Crippen LogP contribution in [0.2, 0.25) is 0 Å². The van der Waals surface area contributed by atoms with Gasteiger partial charge >= 0.3 is 5.97 Å². The van der Waals surface area contributed by atoms with Crippen molar-refractivity contribution in [2.75, 3.05) is 7.05 Å². The molecule has 2 N–H and O–H groups in total. The second kappa shape index (κ2) is 2.13. The Morgan fingerprint density at radius 3 is 2.12 bits per heavy atom. The van der Waals surface area contributed by atoms with Gasteiger partial charge < -0.3 is 10.4 Å². The largest absolute Gasteiger partial charge is 0.480 e. The number of carboxylic acids is 1. The normalized spacial score (nSPS) is 11.4. The molecule has 0 aromatic carbocycles. The molecule has 0 aliphatic carbocycles. The highest BCUT2D eigenvalue weighted by Crippen LogP contribution is 1.98. The fourth-order valence-corrected chi connectivity index (χ4v) is 0.107. The lowest BCUT2D eigenvalue weighted by molar-refractivity contribution is -0.143. The molecule has 0 aliphatic heterocycles. The summed E-state index contributed by atoms with van der Waals surface area (Å²) in [5, 5.41) is 11.0. The zero-order chi connectivity index (χ0) is 6.78. The summed E-state index contributed by atoms with van der Waals surface area (Å²) in [6.07, 6.45) is 0. The molecule has 0 bridgehead atoms. The third kappa shape index (κ3) is 1.50. The number of hydrogen-bond donors (Lipinski definition) is 2. The summed E-state index contributed by atoms with van der Waals surface area (Å²) in [6.45, 7) is 3.21. The first-order valence-electron chi connectivity index (χ1n) is 2.43. The predicted octanol–water partition coefficient (Wildman–Crippen LogP) is 0.0690. The fourth-order valence-electron chi connectivity index (χ4n) is 0.107. The first kappa shape index (κ1) is 7.43. The van der Waals surface area contributed by atoms with Crippen molar-refractivity contribution in [1.29, 1.82) is 0 Å². The molecular weight excluding hydrogens is 108 g/mol. The molecule has 0 amide bonds. The van der Waals surface area contributed by atoms with E-state index >= 15 is 0 Å². The molecule has 0 radical (unpaired) electrons. The number of rotatable bonds is 2. The van der Waals surface area contributed by atoms with Crippen molar-refractivity contribution in [3.05, 3.63) is 0 Å². The Labute approximate surface area is 48.7 Å². The van der Waals surface area contributed by atoms with Gasteiger partial charge in [-0.05, 0) is 20.9 Å². The molecule has 0 unspecified atom stereocenters. The molecule has 0 aromatic rings. The number of carbonyl (C=O) groups is 1. The Bertz CT molecular complexity index is 98.6. The van der Waals surface area contributed by atoms with E-state index < -0.39 is 11.5 Å². The van der Waals surface area contributed by atoms with Crippen LogP contribution in [0, 0.1) is 0 Å². The maximum atomic E-state index is 10.2. The maximum Gasteiger partial charge on any atom is 0.323 e. The molecule has 0 spiro atoms. The fraction of sp³-hybridized carbons (Fsp3) is 0.800. The molecule has 0 heterocycles. The lowest BCUT2D eigenvalue weighted by atomic mass is 10.1. The second-order valence-corrected chi connectivity index (χ2v) is 2.18. The minimum absolute atomic E-state index is 0.792. The molecule has 0 saturated carbocycles. The zero-order valence-corrected chi connectivity index (χ0v) is 5.36. The lowest BCUT2D eigenvalue weighted by Crippen LogP contribution is -2.44. The van der Waals surface area contributed by atoms with Crippen LogP contribution < -0.4 is 5.32 Å².